The maximum absolute atomic E-state index is 5.97. The Morgan fingerprint density at radius 1 is 0.950 bits per heavy atom. The van der Waals surface area contributed by atoms with Crippen molar-refractivity contribution < 1.29 is 8.85 Å². The van der Waals surface area contributed by atoms with Crippen LogP contribution in [0.1, 0.15) is 45.1 Å². The molecule has 0 radical (unpaired) electrons. The SMILES string of the molecule is CCCCO[SiH](CCc1ccc(Cl)cc1)OCCCC. The minimum Gasteiger partial charge on any atom is -0.397 e. The molecular formula is C16H27ClO2Si. The fourth-order valence-electron chi connectivity index (χ4n) is 1.87. The lowest BCUT2D eigenvalue weighted by Gasteiger charge is -2.16. The van der Waals surface area contributed by atoms with Gasteiger partial charge in [0.05, 0.1) is 0 Å². The summed E-state index contributed by atoms with van der Waals surface area (Å²) in [4.78, 5) is 0. The van der Waals surface area contributed by atoms with Crippen LogP contribution in [-0.4, -0.2) is 22.5 Å². The molecule has 20 heavy (non-hydrogen) atoms. The van der Waals surface area contributed by atoms with Gasteiger partial charge < -0.3 is 8.85 Å². The first-order valence-electron chi connectivity index (χ1n) is 7.74. The molecule has 0 heterocycles. The van der Waals surface area contributed by atoms with Gasteiger partial charge in [0, 0.05) is 18.2 Å². The molecule has 0 atom stereocenters. The van der Waals surface area contributed by atoms with Crippen LogP contribution >= 0.6 is 11.6 Å². The highest BCUT2D eigenvalue weighted by atomic mass is 35.5. The quantitative estimate of drug-likeness (QED) is 0.434. The van der Waals surface area contributed by atoms with Crippen molar-refractivity contribution >= 4 is 20.9 Å². The van der Waals surface area contributed by atoms with Crippen molar-refractivity contribution in [3.05, 3.63) is 34.9 Å². The normalized spacial score (nSPS) is 11.2. The molecule has 2 nitrogen and oxygen atoms in total. The van der Waals surface area contributed by atoms with Crippen LogP contribution in [0.25, 0.3) is 0 Å². The molecule has 0 aromatic heterocycles. The zero-order valence-corrected chi connectivity index (χ0v) is 14.6. The van der Waals surface area contributed by atoms with Crippen molar-refractivity contribution in [3.63, 3.8) is 0 Å². The van der Waals surface area contributed by atoms with E-state index < -0.39 is 9.28 Å². The monoisotopic (exact) mass is 314 g/mol. The maximum Gasteiger partial charge on any atom is 0.321 e. The fraction of sp³-hybridized carbons (Fsp3) is 0.625. The number of hydrogen-bond acceptors (Lipinski definition) is 2. The van der Waals surface area contributed by atoms with E-state index in [4.69, 9.17) is 20.5 Å². The molecule has 0 bridgehead atoms. The Morgan fingerprint density at radius 2 is 1.50 bits per heavy atom. The summed E-state index contributed by atoms with van der Waals surface area (Å²) in [6.45, 7) is 6.07. The van der Waals surface area contributed by atoms with E-state index in [1.807, 2.05) is 12.1 Å². The lowest BCUT2D eigenvalue weighted by atomic mass is 10.2. The highest BCUT2D eigenvalue weighted by Gasteiger charge is 2.13. The zero-order chi connectivity index (χ0) is 14.6. The molecule has 1 aromatic carbocycles. The van der Waals surface area contributed by atoms with Crippen LogP contribution in [0.2, 0.25) is 11.1 Å². The van der Waals surface area contributed by atoms with Crippen molar-refractivity contribution in [3.8, 4) is 0 Å². The smallest absolute Gasteiger partial charge is 0.321 e. The number of hydrogen-bond donors (Lipinski definition) is 0. The van der Waals surface area contributed by atoms with Crippen molar-refractivity contribution in [1.82, 2.24) is 0 Å². The van der Waals surface area contributed by atoms with Crippen LogP contribution in [0.15, 0.2) is 24.3 Å². The predicted octanol–water partition coefficient (Wildman–Crippen LogP) is 4.74. The molecule has 0 fully saturated rings. The number of unbranched alkanes of at least 4 members (excludes halogenated alkanes) is 2. The Balaban J connectivity index is 2.35. The van der Waals surface area contributed by atoms with Crippen molar-refractivity contribution in [1.29, 1.82) is 0 Å². The number of rotatable bonds is 11. The van der Waals surface area contributed by atoms with Gasteiger partial charge in [-0.3, -0.25) is 0 Å². The van der Waals surface area contributed by atoms with Gasteiger partial charge in [-0.25, -0.2) is 0 Å². The second-order valence-electron chi connectivity index (χ2n) is 5.04. The average Bonchev–Trinajstić information content (AvgIpc) is 2.46. The molecule has 0 saturated heterocycles. The van der Waals surface area contributed by atoms with Crippen LogP contribution < -0.4 is 0 Å². The van der Waals surface area contributed by atoms with E-state index in [0.717, 1.165) is 43.5 Å². The average molecular weight is 315 g/mol. The maximum atomic E-state index is 5.97. The van der Waals surface area contributed by atoms with Crippen molar-refractivity contribution in [2.75, 3.05) is 13.2 Å². The summed E-state index contributed by atoms with van der Waals surface area (Å²) in [5.74, 6) is 0. The Hall–Kier alpha value is -0.353. The second-order valence-corrected chi connectivity index (χ2v) is 7.58. The molecule has 0 aliphatic heterocycles. The van der Waals surface area contributed by atoms with Gasteiger partial charge in [0.15, 0.2) is 0 Å². The summed E-state index contributed by atoms with van der Waals surface area (Å²) in [6.07, 6.45) is 5.62. The highest BCUT2D eigenvalue weighted by molar-refractivity contribution is 6.44. The third kappa shape index (κ3) is 8.05. The van der Waals surface area contributed by atoms with E-state index in [9.17, 15) is 0 Å². The van der Waals surface area contributed by atoms with Crippen LogP contribution in [0.4, 0.5) is 0 Å². The first-order chi connectivity index (χ1) is 9.76. The van der Waals surface area contributed by atoms with Gasteiger partial charge in [-0.2, -0.15) is 0 Å². The van der Waals surface area contributed by atoms with Gasteiger partial charge in [0.2, 0.25) is 0 Å². The first kappa shape index (κ1) is 17.7. The molecule has 0 amide bonds. The summed E-state index contributed by atoms with van der Waals surface area (Å²) in [5, 5.41) is 0.793. The van der Waals surface area contributed by atoms with Crippen LogP contribution in [-0.2, 0) is 15.3 Å². The summed E-state index contributed by atoms with van der Waals surface area (Å²) in [5.41, 5.74) is 1.31. The van der Waals surface area contributed by atoms with Crippen LogP contribution in [0, 0.1) is 0 Å². The summed E-state index contributed by atoms with van der Waals surface area (Å²) >= 11 is 5.90. The summed E-state index contributed by atoms with van der Waals surface area (Å²) in [6, 6.07) is 9.11. The Kier molecular flexibility index (Phi) is 10.0. The van der Waals surface area contributed by atoms with E-state index in [2.05, 4.69) is 26.0 Å². The Bertz CT molecular complexity index is 333. The molecule has 4 heteroatoms. The van der Waals surface area contributed by atoms with Gasteiger partial charge in [-0.1, -0.05) is 50.4 Å². The van der Waals surface area contributed by atoms with E-state index in [-0.39, 0.29) is 0 Å². The van der Waals surface area contributed by atoms with Crippen molar-refractivity contribution in [2.45, 2.75) is 52.0 Å². The molecule has 1 rings (SSSR count). The Morgan fingerprint density at radius 3 is 2.00 bits per heavy atom. The second kappa shape index (κ2) is 11.3. The lowest BCUT2D eigenvalue weighted by Crippen LogP contribution is -2.24. The van der Waals surface area contributed by atoms with Gasteiger partial charge in [-0.05, 0) is 43.0 Å². The zero-order valence-electron chi connectivity index (χ0n) is 12.7. The molecule has 0 aliphatic carbocycles. The molecule has 0 spiro atoms. The number of halogens is 1. The predicted molar refractivity (Wildman–Crippen MR) is 88.8 cm³/mol. The van der Waals surface area contributed by atoms with Gasteiger partial charge in [0.25, 0.3) is 0 Å². The van der Waals surface area contributed by atoms with Gasteiger partial charge in [-0.15, -0.1) is 0 Å². The molecule has 0 aliphatic rings. The molecular weight excluding hydrogens is 288 g/mol. The molecule has 0 saturated carbocycles. The van der Waals surface area contributed by atoms with E-state index in [1.165, 1.54) is 18.4 Å². The highest BCUT2D eigenvalue weighted by Crippen LogP contribution is 2.13. The van der Waals surface area contributed by atoms with Gasteiger partial charge in [0.1, 0.15) is 0 Å². The largest absolute Gasteiger partial charge is 0.397 e. The third-order valence-corrected chi connectivity index (χ3v) is 5.41. The standard InChI is InChI=1S/C16H27ClO2Si/c1-3-5-12-18-20(19-13-6-4-2)14-11-15-7-9-16(17)10-8-15/h7-10,20H,3-6,11-14H2,1-2H3. The van der Waals surface area contributed by atoms with Gasteiger partial charge >= 0.3 is 9.28 Å². The molecule has 0 N–H and O–H groups in total. The number of benzene rings is 1. The van der Waals surface area contributed by atoms with Crippen LogP contribution in [0.3, 0.4) is 0 Å². The molecule has 0 unspecified atom stereocenters. The number of aryl methyl sites for hydroxylation is 1. The first-order valence-corrected chi connectivity index (χ1v) is 9.87. The topological polar surface area (TPSA) is 18.5 Å². The molecule has 1 aromatic rings. The summed E-state index contributed by atoms with van der Waals surface area (Å²) in [7, 11) is -1.51. The molecule has 114 valence electrons. The third-order valence-electron chi connectivity index (χ3n) is 3.19. The Labute approximate surface area is 130 Å². The summed E-state index contributed by atoms with van der Waals surface area (Å²) < 4.78 is 11.9. The van der Waals surface area contributed by atoms with E-state index in [1.54, 1.807) is 0 Å². The minimum absolute atomic E-state index is 0.793. The minimum atomic E-state index is -1.51. The van der Waals surface area contributed by atoms with Crippen LogP contribution in [0.5, 0.6) is 0 Å². The fourth-order valence-corrected chi connectivity index (χ4v) is 3.85. The van der Waals surface area contributed by atoms with Crippen molar-refractivity contribution in [2.24, 2.45) is 0 Å². The van der Waals surface area contributed by atoms with E-state index in [0.29, 0.717) is 0 Å². The van der Waals surface area contributed by atoms with E-state index >= 15 is 0 Å². The lowest BCUT2D eigenvalue weighted by molar-refractivity contribution is 0.191.